The van der Waals surface area contributed by atoms with Crippen molar-refractivity contribution in [2.24, 2.45) is 12.9 Å². The average Bonchev–Trinajstić information content (AvgIpc) is 2.43. The van der Waals surface area contributed by atoms with Crippen LogP contribution >= 0.6 is 0 Å². The first-order valence-corrected chi connectivity index (χ1v) is 4.13. The number of aryl methyl sites for hydroxylation is 2. The molecule has 4 nitrogen and oxygen atoms in total. The van der Waals surface area contributed by atoms with E-state index in [2.05, 4.69) is 10.5 Å². The molecule has 1 aromatic heterocycles. The number of rotatable bonds is 1. The Hall–Kier alpha value is -1.55. The molecule has 0 aliphatic heterocycles. The van der Waals surface area contributed by atoms with E-state index in [4.69, 9.17) is 5.84 Å². The van der Waals surface area contributed by atoms with Gasteiger partial charge in [-0.3, -0.25) is 10.5 Å². The molecule has 13 heavy (non-hydrogen) atoms. The molecular formula is C9H12N4. The summed E-state index contributed by atoms with van der Waals surface area (Å²) in [5.74, 6) is 5.40. The molecule has 0 aliphatic rings. The van der Waals surface area contributed by atoms with E-state index >= 15 is 0 Å². The number of nitrogens with one attached hydrogen (secondary N) is 1. The monoisotopic (exact) mass is 176 g/mol. The van der Waals surface area contributed by atoms with Gasteiger partial charge in [-0.15, -0.1) is 0 Å². The fourth-order valence-electron chi connectivity index (χ4n) is 1.63. The summed E-state index contributed by atoms with van der Waals surface area (Å²) >= 11 is 0. The van der Waals surface area contributed by atoms with Gasteiger partial charge in [0, 0.05) is 12.4 Å². The number of fused-ring (bicyclic) bond motifs is 1. The van der Waals surface area contributed by atoms with Crippen LogP contribution in [0.3, 0.4) is 0 Å². The van der Waals surface area contributed by atoms with E-state index in [0.717, 1.165) is 22.3 Å². The Morgan fingerprint density at radius 2 is 2.23 bits per heavy atom. The minimum absolute atomic E-state index is 0.903. The van der Waals surface area contributed by atoms with Gasteiger partial charge in [0.25, 0.3) is 0 Å². The first-order chi connectivity index (χ1) is 6.24. The number of anilines is 1. The van der Waals surface area contributed by atoms with E-state index < -0.39 is 0 Å². The van der Waals surface area contributed by atoms with Crippen LogP contribution in [0.1, 0.15) is 5.69 Å². The van der Waals surface area contributed by atoms with Crippen LogP contribution in [-0.2, 0) is 7.05 Å². The molecule has 1 aromatic carbocycles. The largest absolute Gasteiger partial charge is 0.322 e. The van der Waals surface area contributed by atoms with Crippen molar-refractivity contribution < 1.29 is 0 Å². The summed E-state index contributed by atoms with van der Waals surface area (Å²) in [4.78, 5) is 0. The molecule has 0 saturated carbocycles. The van der Waals surface area contributed by atoms with Gasteiger partial charge >= 0.3 is 0 Å². The van der Waals surface area contributed by atoms with E-state index in [9.17, 15) is 0 Å². The van der Waals surface area contributed by atoms with Crippen molar-refractivity contribution in [2.75, 3.05) is 5.43 Å². The van der Waals surface area contributed by atoms with Crippen molar-refractivity contribution in [3.8, 4) is 0 Å². The molecule has 0 bridgehead atoms. The van der Waals surface area contributed by atoms with Crippen LogP contribution in [-0.4, -0.2) is 9.78 Å². The molecule has 0 spiro atoms. The molecule has 2 aromatic rings. The van der Waals surface area contributed by atoms with Crippen LogP contribution < -0.4 is 11.3 Å². The highest BCUT2D eigenvalue weighted by Crippen LogP contribution is 2.24. The Kier molecular flexibility index (Phi) is 1.70. The van der Waals surface area contributed by atoms with E-state index in [-0.39, 0.29) is 0 Å². The number of nitrogens with zero attached hydrogens (tertiary/aromatic N) is 2. The summed E-state index contributed by atoms with van der Waals surface area (Å²) in [5, 5.41) is 5.46. The van der Waals surface area contributed by atoms with Gasteiger partial charge in [-0.1, -0.05) is 12.1 Å². The van der Waals surface area contributed by atoms with Crippen LogP contribution in [0.4, 0.5) is 5.69 Å². The first-order valence-electron chi connectivity index (χ1n) is 4.13. The van der Waals surface area contributed by atoms with E-state index in [1.54, 1.807) is 0 Å². The normalized spacial score (nSPS) is 10.7. The summed E-state index contributed by atoms with van der Waals surface area (Å²) in [5.41, 5.74) is 5.63. The Labute approximate surface area is 76.3 Å². The van der Waals surface area contributed by atoms with Gasteiger partial charge in [0.15, 0.2) is 0 Å². The maximum absolute atomic E-state index is 5.40. The minimum atomic E-state index is 0.903. The second-order valence-corrected chi connectivity index (χ2v) is 3.06. The molecule has 0 unspecified atom stereocenters. The van der Waals surface area contributed by atoms with Gasteiger partial charge in [-0.05, 0) is 13.0 Å². The molecule has 4 heteroatoms. The van der Waals surface area contributed by atoms with E-state index in [1.165, 1.54) is 0 Å². The summed E-state index contributed by atoms with van der Waals surface area (Å²) in [6, 6.07) is 5.94. The first kappa shape index (κ1) is 8.07. The minimum Gasteiger partial charge on any atom is -0.322 e. The smallest absolute Gasteiger partial charge is 0.0926 e. The third-order valence-corrected chi connectivity index (χ3v) is 2.20. The topological polar surface area (TPSA) is 55.9 Å². The number of nitrogen functional groups attached to an aromatic ring is 1. The SMILES string of the molecule is Cc1nn(C)c2c(NN)cccc12. The molecule has 3 N–H and O–H groups in total. The molecule has 1 heterocycles. The molecule has 0 atom stereocenters. The molecule has 0 fully saturated rings. The summed E-state index contributed by atoms with van der Waals surface area (Å²) < 4.78 is 1.83. The van der Waals surface area contributed by atoms with Crippen molar-refractivity contribution in [2.45, 2.75) is 6.92 Å². The molecule has 0 amide bonds. The zero-order valence-corrected chi connectivity index (χ0v) is 7.70. The molecule has 68 valence electrons. The molecule has 2 rings (SSSR count). The van der Waals surface area contributed by atoms with Gasteiger partial charge in [-0.25, -0.2) is 0 Å². The lowest BCUT2D eigenvalue weighted by atomic mass is 10.2. The number of benzene rings is 1. The fraction of sp³-hybridized carbons (Fsp3) is 0.222. The molecule has 0 aliphatic carbocycles. The van der Waals surface area contributed by atoms with Crippen LogP contribution in [0.2, 0.25) is 0 Å². The average molecular weight is 176 g/mol. The maximum atomic E-state index is 5.40. The Balaban J connectivity index is 2.88. The lowest BCUT2D eigenvalue weighted by molar-refractivity contribution is 0.783. The van der Waals surface area contributed by atoms with E-state index in [1.807, 2.05) is 36.9 Å². The van der Waals surface area contributed by atoms with Gasteiger partial charge in [0.2, 0.25) is 0 Å². The van der Waals surface area contributed by atoms with Gasteiger partial charge in [0.1, 0.15) is 0 Å². The van der Waals surface area contributed by atoms with Gasteiger partial charge < -0.3 is 5.43 Å². The lowest BCUT2D eigenvalue weighted by Gasteiger charge is -2.02. The van der Waals surface area contributed by atoms with Gasteiger partial charge in [-0.2, -0.15) is 5.10 Å². The Bertz CT molecular complexity index is 444. The second-order valence-electron chi connectivity index (χ2n) is 3.06. The number of hydrogen-bond donors (Lipinski definition) is 2. The maximum Gasteiger partial charge on any atom is 0.0926 e. The van der Waals surface area contributed by atoms with Crippen molar-refractivity contribution >= 4 is 16.6 Å². The zero-order chi connectivity index (χ0) is 9.42. The molecule has 0 radical (unpaired) electrons. The summed E-state index contributed by atoms with van der Waals surface area (Å²) in [7, 11) is 1.91. The predicted octanol–water partition coefficient (Wildman–Crippen LogP) is 1.17. The van der Waals surface area contributed by atoms with Crippen LogP contribution in [0.15, 0.2) is 18.2 Å². The molecule has 0 saturated heterocycles. The number of hydrazine groups is 1. The standard InChI is InChI=1S/C9H12N4/c1-6-7-4-3-5-8(11-10)9(7)13(2)12-6/h3-5,11H,10H2,1-2H3. The Morgan fingerprint density at radius 1 is 1.46 bits per heavy atom. The van der Waals surface area contributed by atoms with Crippen LogP contribution in [0.25, 0.3) is 10.9 Å². The predicted molar refractivity (Wildman–Crippen MR) is 53.3 cm³/mol. The number of hydrogen-bond acceptors (Lipinski definition) is 3. The van der Waals surface area contributed by atoms with Gasteiger partial charge in [0.05, 0.1) is 16.9 Å². The molecular weight excluding hydrogens is 164 g/mol. The highest BCUT2D eigenvalue weighted by atomic mass is 15.3. The van der Waals surface area contributed by atoms with E-state index in [0.29, 0.717) is 0 Å². The van der Waals surface area contributed by atoms with Crippen LogP contribution in [0.5, 0.6) is 0 Å². The van der Waals surface area contributed by atoms with Crippen molar-refractivity contribution in [1.29, 1.82) is 0 Å². The lowest BCUT2D eigenvalue weighted by Crippen LogP contribution is -2.08. The van der Waals surface area contributed by atoms with Crippen molar-refractivity contribution in [3.05, 3.63) is 23.9 Å². The third kappa shape index (κ3) is 1.07. The van der Waals surface area contributed by atoms with Crippen molar-refractivity contribution in [1.82, 2.24) is 9.78 Å². The third-order valence-electron chi connectivity index (χ3n) is 2.20. The summed E-state index contributed by atoms with van der Waals surface area (Å²) in [6.45, 7) is 1.99. The second kappa shape index (κ2) is 2.74. The number of nitrogens with two attached hydrogens (primary N) is 1. The summed E-state index contributed by atoms with van der Waals surface area (Å²) in [6.07, 6.45) is 0. The Morgan fingerprint density at radius 3 is 2.92 bits per heavy atom. The number of aromatic nitrogens is 2. The zero-order valence-electron chi connectivity index (χ0n) is 7.70. The highest BCUT2D eigenvalue weighted by Gasteiger charge is 2.07. The fourth-order valence-corrected chi connectivity index (χ4v) is 1.63. The highest BCUT2D eigenvalue weighted by molar-refractivity contribution is 5.92. The quantitative estimate of drug-likeness (QED) is 0.506. The number of para-hydroxylation sites is 1. The van der Waals surface area contributed by atoms with Crippen LogP contribution in [0, 0.1) is 6.92 Å². The van der Waals surface area contributed by atoms with Crippen molar-refractivity contribution in [3.63, 3.8) is 0 Å².